The minimum Gasteiger partial charge on any atom is -0.479 e. The van der Waals surface area contributed by atoms with Crippen molar-refractivity contribution in [2.75, 3.05) is 38.3 Å². The molecule has 2 saturated heterocycles. The first-order chi connectivity index (χ1) is 23.8. The number of benzene rings is 2. The largest absolute Gasteiger partial charge is 0.479 e. The van der Waals surface area contributed by atoms with E-state index in [1.807, 2.05) is 29.2 Å². The lowest BCUT2D eigenvalue weighted by Crippen LogP contribution is -2.56. The monoisotopic (exact) mass is 882 g/mol. The summed E-state index contributed by atoms with van der Waals surface area (Å²) in [6, 6.07) is 14.2. The van der Waals surface area contributed by atoms with Gasteiger partial charge in [-0.15, -0.1) is 0 Å². The molecule has 0 bridgehead atoms. The Hall–Kier alpha value is -2.85. The zero-order valence-electron chi connectivity index (χ0n) is 30.3. The van der Waals surface area contributed by atoms with Crippen molar-refractivity contribution < 1.29 is 48.0 Å². The number of carboxylic acid groups (broad SMARTS) is 1. The Bertz CT molecular complexity index is 1430. The summed E-state index contributed by atoms with van der Waals surface area (Å²) >= 11 is 14.0. The summed E-state index contributed by atoms with van der Waals surface area (Å²) in [6.45, 7) is 11.1. The fourth-order valence-electron chi connectivity index (χ4n) is 5.03. The Kier molecular flexibility index (Phi) is 19.7. The molecule has 12 nitrogen and oxygen atoms in total. The highest BCUT2D eigenvalue weighted by atomic mass is 127. The van der Waals surface area contributed by atoms with Crippen molar-refractivity contribution in [2.24, 2.45) is 0 Å². The highest BCUT2D eigenvalue weighted by Crippen LogP contribution is 2.23. The molecule has 4 atom stereocenters. The molecular formula is C37H53Cl2IN2O10. The Morgan fingerprint density at radius 1 is 0.731 bits per heavy atom. The topological polar surface area (TPSA) is 141 Å². The summed E-state index contributed by atoms with van der Waals surface area (Å²) in [6.07, 6.45) is -1.75. The molecule has 2 aliphatic heterocycles. The molecule has 4 rings (SSSR count). The smallest absolute Gasteiger partial charge is 0.410 e. The molecule has 52 heavy (non-hydrogen) atoms. The van der Waals surface area contributed by atoms with E-state index in [0.29, 0.717) is 22.9 Å². The van der Waals surface area contributed by atoms with E-state index in [-0.39, 0.29) is 45.8 Å². The summed E-state index contributed by atoms with van der Waals surface area (Å²) in [5.41, 5.74) is 0.721. The number of aliphatic carboxylic acids is 1. The van der Waals surface area contributed by atoms with E-state index in [1.54, 1.807) is 70.7 Å². The second kappa shape index (κ2) is 21.8. The second-order valence-electron chi connectivity index (χ2n) is 13.7. The average Bonchev–Trinajstić information content (AvgIpc) is 3.06. The molecule has 2 aliphatic rings. The number of hydrogen-bond acceptors (Lipinski definition) is 9. The number of carbonyl (C=O) groups excluding carboxylic acids is 3. The summed E-state index contributed by atoms with van der Waals surface area (Å²) in [4.78, 5) is 53.0. The van der Waals surface area contributed by atoms with Crippen LogP contribution in [-0.2, 0) is 46.1 Å². The van der Waals surface area contributed by atoms with E-state index >= 15 is 0 Å². The number of nitrogens with zero attached hydrogens (tertiary/aromatic N) is 2. The third-order valence-electron chi connectivity index (χ3n) is 7.35. The minimum absolute atomic E-state index is 0. The van der Waals surface area contributed by atoms with Gasteiger partial charge in [-0.3, -0.25) is 9.80 Å². The minimum atomic E-state index is -1.09. The molecule has 15 heteroatoms. The number of rotatable bonds is 6. The first-order valence-corrected chi connectivity index (χ1v) is 19.2. The maximum Gasteiger partial charge on any atom is 0.410 e. The molecule has 2 heterocycles. The highest BCUT2D eigenvalue weighted by Gasteiger charge is 2.39. The number of amides is 2. The van der Waals surface area contributed by atoms with Gasteiger partial charge in [0.2, 0.25) is 0 Å². The Balaban J connectivity index is 0.000000488. The maximum atomic E-state index is 12.6. The zero-order chi connectivity index (χ0) is 38.5. The zero-order valence-corrected chi connectivity index (χ0v) is 34.0. The third-order valence-corrected chi connectivity index (χ3v) is 7.85. The van der Waals surface area contributed by atoms with E-state index in [0.717, 1.165) is 11.1 Å². The number of halogens is 3. The summed E-state index contributed by atoms with van der Waals surface area (Å²) in [5, 5.41) is 10.4. The normalized spacial score (nSPS) is 20.1. The maximum absolute atomic E-state index is 12.6. The van der Waals surface area contributed by atoms with Crippen molar-refractivity contribution in [3.8, 4) is 0 Å². The Morgan fingerprint density at radius 2 is 1.08 bits per heavy atom. The van der Waals surface area contributed by atoms with E-state index in [4.69, 9.17) is 52.0 Å². The Morgan fingerprint density at radius 3 is 1.40 bits per heavy atom. The molecule has 0 saturated carbocycles. The SMILES string of the molecule is C.CC(C)(C)OC(=O)N1C[C@H](C(=O)O)OCC1Cc1ccc(Cl)cc1.CI.COC(=O)[C@H]1CN(C(=O)OC(C)(C)C)C(Cc2ccc(Cl)cc2)CO1. The van der Waals surface area contributed by atoms with Gasteiger partial charge in [-0.2, -0.15) is 0 Å². The van der Waals surface area contributed by atoms with Crippen molar-refractivity contribution in [3.05, 3.63) is 69.7 Å². The number of esters is 1. The molecule has 1 N–H and O–H groups in total. The first-order valence-electron chi connectivity index (χ1n) is 16.2. The molecule has 2 amide bonds. The van der Waals surface area contributed by atoms with Gasteiger partial charge in [-0.05, 0) is 94.7 Å². The number of carboxylic acids is 1. The van der Waals surface area contributed by atoms with Gasteiger partial charge in [-0.25, -0.2) is 19.2 Å². The lowest BCUT2D eigenvalue weighted by Gasteiger charge is -2.39. The van der Waals surface area contributed by atoms with Crippen molar-refractivity contribution in [1.82, 2.24) is 9.80 Å². The molecule has 0 aromatic heterocycles. The van der Waals surface area contributed by atoms with Crippen molar-refractivity contribution in [3.63, 3.8) is 0 Å². The average molecular weight is 884 g/mol. The van der Waals surface area contributed by atoms with Crippen LogP contribution in [0.1, 0.15) is 60.1 Å². The standard InChI is InChI=1S/C18H24ClNO5.C17H22ClNO5.CH3I.CH4/c1-18(2,3)25-17(22)20-10-15(16(21)23-4)24-11-14(20)9-12-5-7-13(19)8-6-12;1-17(2,3)24-16(22)19-9-14(15(20)21)23-10-13(19)8-11-4-6-12(18)7-5-11;1-2;/h5-8,14-15H,9-11H2,1-4H3;4-7,13-14H,8-10H2,1-3H3,(H,20,21);1H3;1H4/t14?,15-;13?,14-;;/m11../s1. The van der Waals surface area contributed by atoms with Crippen LogP contribution in [0.4, 0.5) is 9.59 Å². The fourth-order valence-corrected chi connectivity index (χ4v) is 5.28. The molecule has 2 aromatic carbocycles. The van der Waals surface area contributed by atoms with Crippen molar-refractivity contribution in [1.29, 1.82) is 0 Å². The molecule has 0 aliphatic carbocycles. The van der Waals surface area contributed by atoms with E-state index < -0.39 is 47.5 Å². The van der Waals surface area contributed by atoms with Gasteiger partial charge in [0, 0.05) is 10.0 Å². The van der Waals surface area contributed by atoms with Crippen molar-refractivity contribution >= 4 is 69.9 Å². The predicted octanol–water partition coefficient (Wildman–Crippen LogP) is 7.72. The van der Waals surface area contributed by atoms with E-state index in [1.165, 1.54) is 12.0 Å². The van der Waals surface area contributed by atoms with Gasteiger partial charge in [-0.1, -0.05) is 77.5 Å². The summed E-state index contributed by atoms with van der Waals surface area (Å²) in [7, 11) is 1.29. The predicted molar refractivity (Wildman–Crippen MR) is 210 cm³/mol. The summed E-state index contributed by atoms with van der Waals surface area (Å²) < 4.78 is 26.6. The number of methoxy groups -OCH3 is 1. The van der Waals surface area contributed by atoms with Crippen molar-refractivity contribution in [2.45, 2.75) is 97.3 Å². The number of alkyl halides is 1. The van der Waals surface area contributed by atoms with Gasteiger partial charge < -0.3 is 28.8 Å². The van der Waals surface area contributed by atoms with Gasteiger partial charge in [0.25, 0.3) is 0 Å². The van der Waals surface area contributed by atoms with Crippen LogP contribution in [0, 0.1) is 0 Å². The molecule has 292 valence electrons. The first kappa shape index (κ1) is 47.2. The number of morpholine rings is 2. The molecule has 2 fully saturated rings. The number of carbonyl (C=O) groups is 4. The second-order valence-corrected chi connectivity index (χ2v) is 14.6. The van der Waals surface area contributed by atoms with E-state index in [9.17, 15) is 19.2 Å². The van der Waals surface area contributed by atoms with Crippen LogP contribution in [0.5, 0.6) is 0 Å². The fraction of sp³-hybridized carbons (Fsp3) is 0.568. The van der Waals surface area contributed by atoms with Crippen LogP contribution in [0.25, 0.3) is 0 Å². The number of hydrogen-bond donors (Lipinski definition) is 1. The van der Waals surface area contributed by atoms with Crippen LogP contribution in [-0.4, -0.2) is 113 Å². The number of ether oxygens (including phenoxy) is 5. The lowest BCUT2D eigenvalue weighted by atomic mass is 10.0. The van der Waals surface area contributed by atoms with Crippen LogP contribution in [0.15, 0.2) is 48.5 Å². The third kappa shape index (κ3) is 16.0. The molecule has 2 aromatic rings. The summed E-state index contributed by atoms with van der Waals surface area (Å²) in [5.74, 6) is -1.59. The van der Waals surface area contributed by atoms with Gasteiger partial charge in [0.1, 0.15) is 11.2 Å². The molecule has 0 radical (unpaired) electrons. The highest BCUT2D eigenvalue weighted by molar-refractivity contribution is 14.1. The molecular weight excluding hydrogens is 830 g/mol. The van der Waals surface area contributed by atoms with Gasteiger partial charge >= 0.3 is 24.1 Å². The van der Waals surface area contributed by atoms with Crippen LogP contribution < -0.4 is 0 Å². The van der Waals surface area contributed by atoms with Gasteiger partial charge in [0.05, 0.1) is 45.5 Å². The van der Waals surface area contributed by atoms with E-state index in [2.05, 4.69) is 22.6 Å². The Labute approximate surface area is 331 Å². The van der Waals surface area contributed by atoms with Crippen LogP contribution in [0.2, 0.25) is 10.0 Å². The van der Waals surface area contributed by atoms with Crippen LogP contribution >= 0.6 is 45.8 Å². The lowest BCUT2D eigenvalue weighted by molar-refractivity contribution is -0.162. The van der Waals surface area contributed by atoms with Crippen LogP contribution in [0.3, 0.4) is 0 Å². The molecule has 0 spiro atoms. The van der Waals surface area contributed by atoms with Gasteiger partial charge in [0.15, 0.2) is 12.2 Å². The quantitative estimate of drug-likeness (QED) is 0.133. The molecule has 2 unspecified atom stereocenters.